The van der Waals surface area contributed by atoms with E-state index in [0.29, 0.717) is 19.1 Å². The molecule has 1 saturated heterocycles. The van der Waals surface area contributed by atoms with Crippen LogP contribution in [0.4, 0.5) is 4.79 Å². The first-order valence-corrected chi connectivity index (χ1v) is 6.77. The largest absolute Gasteiger partial charge is 0.355 e. The summed E-state index contributed by atoms with van der Waals surface area (Å²) >= 11 is 0. The normalized spacial score (nSPS) is 27.0. The maximum Gasteiger partial charge on any atom is 0.326 e. The van der Waals surface area contributed by atoms with Crippen molar-refractivity contribution in [1.82, 2.24) is 10.2 Å². The smallest absolute Gasteiger partial charge is 0.326 e. The van der Waals surface area contributed by atoms with Gasteiger partial charge >= 0.3 is 6.03 Å². The van der Waals surface area contributed by atoms with Gasteiger partial charge in [-0.3, -0.25) is 15.0 Å². The van der Waals surface area contributed by atoms with Crippen LogP contribution in [0.15, 0.2) is 0 Å². The third-order valence-corrected chi connectivity index (χ3v) is 3.79. The minimum atomic E-state index is -0.468. The van der Waals surface area contributed by atoms with Crippen LogP contribution in [0.1, 0.15) is 46.0 Å². The van der Waals surface area contributed by atoms with Crippen LogP contribution in [0, 0.1) is 5.92 Å². The van der Waals surface area contributed by atoms with E-state index in [0.717, 1.165) is 25.7 Å². The fraction of sp³-hybridized carbons (Fsp3) is 0.846. The second-order valence-corrected chi connectivity index (χ2v) is 5.52. The van der Waals surface area contributed by atoms with E-state index in [9.17, 15) is 9.59 Å². The fourth-order valence-corrected chi connectivity index (χ4v) is 2.91. The Morgan fingerprint density at radius 2 is 1.94 bits per heavy atom. The zero-order valence-electron chi connectivity index (χ0n) is 11.2. The summed E-state index contributed by atoms with van der Waals surface area (Å²) in [6, 6.07) is -0.309. The number of hydrogen-bond acceptors (Lipinski definition) is 3. The van der Waals surface area contributed by atoms with Gasteiger partial charge in [-0.15, -0.1) is 0 Å². The lowest BCUT2D eigenvalue weighted by molar-refractivity contribution is -0.195. The van der Waals surface area contributed by atoms with E-state index in [1.54, 1.807) is 4.90 Å². The molecule has 2 rings (SSSR count). The summed E-state index contributed by atoms with van der Waals surface area (Å²) in [4.78, 5) is 24.9. The summed E-state index contributed by atoms with van der Waals surface area (Å²) in [5, 5.41) is 2.37. The molecule has 5 heteroatoms. The molecule has 1 aliphatic carbocycles. The Bertz CT molecular complexity index is 337. The van der Waals surface area contributed by atoms with Gasteiger partial charge in [0.1, 0.15) is 5.72 Å². The Hall–Kier alpha value is -1.10. The van der Waals surface area contributed by atoms with Gasteiger partial charge in [0.05, 0.1) is 6.61 Å². The molecule has 0 radical (unpaired) electrons. The van der Waals surface area contributed by atoms with Crippen LogP contribution in [0.5, 0.6) is 0 Å². The molecule has 0 bridgehead atoms. The Morgan fingerprint density at radius 3 is 2.56 bits per heavy atom. The van der Waals surface area contributed by atoms with Crippen LogP contribution in [0.3, 0.4) is 0 Å². The van der Waals surface area contributed by atoms with E-state index < -0.39 is 5.72 Å². The van der Waals surface area contributed by atoms with Gasteiger partial charge in [-0.25, -0.2) is 4.79 Å². The van der Waals surface area contributed by atoms with Gasteiger partial charge in [0, 0.05) is 13.5 Å². The Balaban J connectivity index is 2.14. The molecule has 102 valence electrons. The number of carbonyl (C=O) groups excluding carboxylic acids is 2. The molecule has 0 aromatic heterocycles. The minimum absolute atomic E-state index is 0.309. The Labute approximate surface area is 108 Å². The van der Waals surface area contributed by atoms with Crippen LogP contribution in [0.2, 0.25) is 0 Å². The number of imide groups is 1. The highest BCUT2D eigenvalue weighted by atomic mass is 16.5. The van der Waals surface area contributed by atoms with E-state index in [1.807, 2.05) is 0 Å². The lowest BCUT2D eigenvalue weighted by Gasteiger charge is -2.50. The van der Waals surface area contributed by atoms with Crippen LogP contribution in [-0.4, -0.2) is 35.7 Å². The molecule has 5 nitrogen and oxygen atoms in total. The van der Waals surface area contributed by atoms with Crippen LogP contribution >= 0.6 is 0 Å². The lowest BCUT2D eigenvalue weighted by atomic mass is 9.88. The maximum atomic E-state index is 12.1. The predicted molar refractivity (Wildman–Crippen MR) is 66.9 cm³/mol. The molecular weight excluding hydrogens is 232 g/mol. The molecule has 1 aliphatic heterocycles. The van der Waals surface area contributed by atoms with Gasteiger partial charge in [-0.1, -0.05) is 13.3 Å². The van der Waals surface area contributed by atoms with E-state index in [1.165, 1.54) is 13.3 Å². The molecule has 1 heterocycles. The zero-order valence-corrected chi connectivity index (χ0v) is 11.2. The van der Waals surface area contributed by atoms with Gasteiger partial charge in [0.15, 0.2) is 0 Å². The summed E-state index contributed by atoms with van der Waals surface area (Å²) in [6.45, 7) is 4.78. The minimum Gasteiger partial charge on any atom is -0.355 e. The summed E-state index contributed by atoms with van der Waals surface area (Å²) in [6.07, 6.45) is 5.12. The van der Waals surface area contributed by atoms with E-state index in [-0.39, 0.29) is 11.9 Å². The summed E-state index contributed by atoms with van der Waals surface area (Å²) in [5.41, 5.74) is -0.468. The monoisotopic (exact) mass is 254 g/mol. The van der Waals surface area contributed by atoms with Crippen molar-refractivity contribution in [3.8, 4) is 0 Å². The standard InChI is InChI=1S/C13H22N2O3/c1-10-8-15(12(17)14-11(2)16)13(18-9-10)6-4-3-5-7-13/h10H,3-9H2,1-2H3,(H,14,16,17). The molecule has 2 fully saturated rings. The number of amides is 3. The topological polar surface area (TPSA) is 58.6 Å². The first-order chi connectivity index (χ1) is 8.53. The van der Waals surface area contributed by atoms with Gasteiger partial charge in [-0.05, 0) is 31.6 Å². The number of hydrogen-bond donors (Lipinski definition) is 1. The Morgan fingerprint density at radius 1 is 1.28 bits per heavy atom. The second-order valence-electron chi connectivity index (χ2n) is 5.52. The molecule has 0 aromatic rings. The van der Waals surface area contributed by atoms with Crippen molar-refractivity contribution in [1.29, 1.82) is 0 Å². The van der Waals surface area contributed by atoms with Crippen molar-refractivity contribution in [3.05, 3.63) is 0 Å². The van der Waals surface area contributed by atoms with Gasteiger partial charge < -0.3 is 4.74 Å². The molecule has 0 aromatic carbocycles. The molecular formula is C13H22N2O3. The molecule has 3 amide bonds. The molecule has 1 atom stereocenters. The number of rotatable bonds is 0. The van der Waals surface area contributed by atoms with Gasteiger partial charge in [-0.2, -0.15) is 0 Å². The van der Waals surface area contributed by atoms with Gasteiger partial charge in [0.25, 0.3) is 0 Å². The SMILES string of the molecule is CC(=O)NC(=O)N1CC(C)COC12CCCCC2. The summed E-state index contributed by atoms with van der Waals surface area (Å²) < 4.78 is 5.99. The van der Waals surface area contributed by atoms with E-state index in [4.69, 9.17) is 4.74 Å². The fourth-order valence-electron chi connectivity index (χ4n) is 2.91. The quantitative estimate of drug-likeness (QED) is 0.718. The molecule has 1 N–H and O–H groups in total. The van der Waals surface area contributed by atoms with Crippen LogP contribution in [-0.2, 0) is 9.53 Å². The lowest BCUT2D eigenvalue weighted by Crippen LogP contribution is -2.62. The average Bonchev–Trinajstić information content (AvgIpc) is 2.33. The highest BCUT2D eigenvalue weighted by Crippen LogP contribution is 2.38. The number of nitrogens with zero attached hydrogens (tertiary/aromatic N) is 1. The van der Waals surface area contributed by atoms with Crippen molar-refractivity contribution in [2.24, 2.45) is 5.92 Å². The van der Waals surface area contributed by atoms with E-state index in [2.05, 4.69) is 12.2 Å². The maximum absolute atomic E-state index is 12.1. The van der Waals surface area contributed by atoms with Crippen molar-refractivity contribution in [2.45, 2.75) is 51.7 Å². The Kier molecular flexibility index (Phi) is 3.90. The number of carbonyl (C=O) groups is 2. The van der Waals surface area contributed by atoms with Crippen molar-refractivity contribution < 1.29 is 14.3 Å². The third kappa shape index (κ3) is 2.66. The molecule has 2 aliphatic rings. The van der Waals surface area contributed by atoms with Crippen LogP contribution < -0.4 is 5.32 Å². The molecule has 1 spiro atoms. The summed E-state index contributed by atoms with van der Waals surface area (Å²) in [7, 11) is 0. The summed E-state index contributed by atoms with van der Waals surface area (Å²) in [5.74, 6) is -0.000513. The number of urea groups is 1. The van der Waals surface area contributed by atoms with Crippen LogP contribution in [0.25, 0.3) is 0 Å². The number of nitrogens with one attached hydrogen (secondary N) is 1. The first-order valence-electron chi connectivity index (χ1n) is 6.77. The molecule has 1 unspecified atom stereocenters. The first kappa shape index (κ1) is 13.3. The zero-order chi connectivity index (χ0) is 13.2. The second kappa shape index (κ2) is 5.26. The predicted octanol–water partition coefficient (Wildman–Crippen LogP) is 1.87. The average molecular weight is 254 g/mol. The van der Waals surface area contributed by atoms with Crippen molar-refractivity contribution in [3.63, 3.8) is 0 Å². The van der Waals surface area contributed by atoms with Crippen molar-refractivity contribution >= 4 is 11.9 Å². The third-order valence-electron chi connectivity index (χ3n) is 3.79. The number of ether oxygens (including phenoxy) is 1. The van der Waals surface area contributed by atoms with Crippen molar-refractivity contribution in [2.75, 3.05) is 13.2 Å². The molecule has 18 heavy (non-hydrogen) atoms. The highest BCUT2D eigenvalue weighted by molar-refractivity contribution is 5.93. The highest BCUT2D eigenvalue weighted by Gasteiger charge is 2.45. The van der Waals surface area contributed by atoms with Gasteiger partial charge in [0.2, 0.25) is 5.91 Å². The van der Waals surface area contributed by atoms with E-state index >= 15 is 0 Å². The molecule has 1 saturated carbocycles.